The molecule has 3 fully saturated rings. The summed E-state index contributed by atoms with van der Waals surface area (Å²) in [7, 11) is 1.34. The first kappa shape index (κ1) is 17.1. The Labute approximate surface area is 135 Å². The third-order valence-corrected chi connectivity index (χ3v) is 4.60. The number of carbonyl (C=O) groups is 1. The summed E-state index contributed by atoms with van der Waals surface area (Å²) in [6, 6.07) is -0.0745. The molecule has 1 N–H and O–H groups in total. The summed E-state index contributed by atoms with van der Waals surface area (Å²) in [5.74, 6) is -1.18. The lowest BCUT2D eigenvalue weighted by atomic mass is 9.99. The maximum absolute atomic E-state index is 12.0. The molecule has 0 aromatic heterocycles. The topological polar surface area (TPSA) is 86.7 Å². The molecular formula is C15H25NO7. The van der Waals surface area contributed by atoms with Crippen LogP contribution in [-0.4, -0.2) is 71.8 Å². The van der Waals surface area contributed by atoms with Crippen molar-refractivity contribution in [3.05, 3.63) is 0 Å². The Balaban J connectivity index is 1.80. The standard InChI is InChI=1S/C15H25NO7/c1-8-6-15(4,13(18)19-5)23-16(8)12-11-10(9(7-17)20-12)21-14(2,3)22-11/h8-12,17H,6-7H2,1-5H3. The molecule has 23 heavy (non-hydrogen) atoms. The van der Waals surface area contributed by atoms with Crippen LogP contribution in [-0.2, 0) is 28.6 Å². The minimum absolute atomic E-state index is 0.0745. The van der Waals surface area contributed by atoms with Crippen LogP contribution < -0.4 is 0 Å². The van der Waals surface area contributed by atoms with Crippen LogP contribution in [0.15, 0.2) is 0 Å². The van der Waals surface area contributed by atoms with E-state index in [9.17, 15) is 9.90 Å². The van der Waals surface area contributed by atoms with Gasteiger partial charge in [0.05, 0.1) is 13.7 Å². The van der Waals surface area contributed by atoms with Gasteiger partial charge in [-0.2, -0.15) is 5.06 Å². The molecule has 0 radical (unpaired) electrons. The molecule has 3 heterocycles. The van der Waals surface area contributed by atoms with Gasteiger partial charge in [0, 0.05) is 12.5 Å². The zero-order valence-corrected chi connectivity index (χ0v) is 14.1. The Bertz CT molecular complexity index is 484. The van der Waals surface area contributed by atoms with Gasteiger partial charge in [-0.25, -0.2) is 4.79 Å². The molecular weight excluding hydrogens is 306 g/mol. The zero-order chi connectivity index (χ0) is 17.0. The molecule has 6 unspecified atom stereocenters. The van der Waals surface area contributed by atoms with Gasteiger partial charge in [-0.1, -0.05) is 0 Å². The second-order valence-electron chi connectivity index (χ2n) is 7.04. The Hall–Kier alpha value is -0.770. The van der Waals surface area contributed by atoms with E-state index in [1.54, 1.807) is 12.0 Å². The van der Waals surface area contributed by atoms with Crippen molar-refractivity contribution in [2.45, 2.75) is 76.1 Å². The van der Waals surface area contributed by atoms with E-state index >= 15 is 0 Å². The van der Waals surface area contributed by atoms with Gasteiger partial charge in [0.25, 0.3) is 0 Å². The number of aliphatic hydroxyl groups is 1. The van der Waals surface area contributed by atoms with Crippen molar-refractivity contribution in [1.29, 1.82) is 0 Å². The maximum Gasteiger partial charge on any atom is 0.340 e. The van der Waals surface area contributed by atoms with E-state index in [0.717, 1.165) is 0 Å². The molecule has 8 heteroatoms. The molecule has 8 nitrogen and oxygen atoms in total. The smallest absolute Gasteiger partial charge is 0.340 e. The van der Waals surface area contributed by atoms with E-state index in [-0.39, 0.29) is 18.8 Å². The van der Waals surface area contributed by atoms with Gasteiger partial charge in [0.1, 0.15) is 18.3 Å². The molecule has 132 valence electrons. The highest BCUT2D eigenvalue weighted by atomic mass is 16.8. The highest BCUT2D eigenvalue weighted by Crippen LogP contribution is 2.43. The number of hydrogen-bond acceptors (Lipinski definition) is 8. The van der Waals surface area contributed by atoms with Crippen LogP contribution in [0.1, 0.15) is 34.1 Å². The van der Waals surface area contributed by atoms with Crippen LogP contribution in [0.5, 0.6) is 0 Å². The second-order valence-corrected chi connectivity index (χ2v) is 7.04. The Morgan fingerprint density at radius 3 is 2.57 bits per heavy atom. The van der Waals surface area contributed by atoms with Crippen molar-refractivity contribution in [2.24, 2.45) is 0 Å². The van der Waals surface area contributed by atoms with E-state index in [4.69, 9.17) is 23.8 Å². The fourth-order valence-electron chi connectivity index (χ4n) is 3.66. The summed E-state index contributed by atoms with van der Waals surface area (Å²) in [4.78, 5) is 17.9. The average Bonchev–Trinajstić information content (AvgIpc) is 3.07. The number of hydrogen-bond donors (Lipinski definition) is 1. The number of esters is 1. The van der Waals surface area contributed by atoms with Crippen LogP contribution in [0, 0.1) is 0 Å². The monoisotopic (exact) mass is 331 g/mol. The molecule has 0 aromatic carbocycles. The van der Waals surface area contributed by atoms with Crippen molar-refractivity contribution in [3.63, 3.8) is 0 Å². The number of rotatable bonds is 3. The van der Waals surface area contributed by atoms with Gasteiger partial charge in [0.15, 0.2) is 17.6 Å². The molecule has 0 amide bonds. The summed E-state index contributed by atoms with van der Waals surface area (Å²) in [6.07, 6.45) is -1.34. The van der Waals surface area contributed by atoms with Crippen molar-refractivity contribution in [1.82, 2.24) is 5.06 Å². The van der Waals surface area contributed by atoms with Gasteiger partial charge in [-0.3, -0.25) is 4.84 Å². The first-order valence-corrected chi connectivity index (χ1v) is 7.88. The number of nitrogens with zero attached hydrogens (tertiary/aromatic N) is 1. The zero-order valence-electron chi connectivity index (χ0n) is 14.1. The van der Waals surface area contributed by atoms with E-state index < -0.39 is 35.8 Å². The average molecular weight is 331 g/mol. The lowest BCUT2D eigenvalue weighted by Crippen LogP contribution is -2.46. The highest BCUT2D eigenvalue weighted by Gasteiger charge is 2.60. The molecule has 0 bridgehead atoms. The van der Waals surface area contributed by atoms with Crippen molar-refractivity contribution >= 4 is 5.97 Å². The minimum atomic E-state index is -1.06. The fraction of sp³-hybridized carbons (Fsp3) is 0.933. The fourth-order valence-corrected chi connectivity index (χ4v) is 3.66. The third kappa shape index (κ3) is 2.77. The van der Waals surface area contributed by atoms with Gasteiger partial charge in [-0.15, -0.1) is 0 Å². The van der Waals surface area contributed by atoms with E-state index in [1.165, 1.54) is 7.11 Å². The van der Waals surface area contributed by atoms with Crippen molar-refractivity contribution in [3.8, 4) is 0 Å². The number of methoxy groups -OCH3 is 1. The highest BCUT2D eigenvalue weighted by molar-refractivity contribution is 5.79. The number of hydroxylamine groups is 2. The summed E-state index contributed by atoms with van der Waals surface area (Å²) in [5.41, 5.74) is -1.06. The van der Waals surface area contributed by atoms with Gasteiger partial charge < -0.3 is 24.1 Å². The Morgan fingerprint density at radius 2 is 1.96 bits per heavy atom. The Morgan fingerprint density at radius 1 is 1.30 bits per heavy atom. The van der Waals surface area contributed by atoms with Gasteiger partial charge >= 0.3 is 5.97 Å². The van der Waals surface area contributed by atoms with Gasteiger partial charge in [0.2, 0.25) is 0 Å². The summed E-state index contributed by atoms with van der Waals surface area (Å²) < 4.78 is 22.5. The van der Waals surface area contributed by atoms with Crippen molar-refractivity contribution < 1.29 is 33.7 Å². The van der Waals surface area contributed by atoms with E-state index in [0.29, 0.717) is 6.42 Å². The molecule has 3 aliphatic heterocycles. The molecule has 0 aliphatic carbocycles. The molecule has 0 saturated carbocycles. The van der Waals surface area contributed by atoms with Gasteiger partial charge in [-0.05, 0) is 27.7 Å². The predicted octanol–water partition coefficient (Wildman–Crippen LogP) is 0.181. The molecule has 3 rings (SSSR count). The van der Waals surface area contributed by atoms with Crippen LogP contribution >= 0.6 is 0 Å². The largest absolute Gasteiger partial charge is 0.467 e. The third-order valence-electron chi connectivity index (χ3n) is 4.60. The number of ether oxygens (including phenoxy) is 4. The van der Waals surface area contributed by atoms with Crippen LogP contribution in [0.25, 0.3) is 0 Å². The maximum atomic E-state index is 12.0. The lowest BCUT2D eigenvalue weighted by Gasteiger charge is -2.31. The first-order valence-electron chi connectivity index (χ1n) is 7.88. The number of carbonyl (C=O) groups excluding carboxylic acids is 1. The predicted molar refractivity (Wildman–Crippen MR) is 77.0 cm³/mol. The SMILES string of the molecule is COC(=O)C1(C)CC(C)N(C2OC(CO)C3OC(C)(C)OC32)O1. The van der Waals surface area contributed by atoms with Crippen LogP contribution in [0.3, 0.4) is 0 Å². The molecule has 0 spiro atoms. The Kier molecular flexibility index (Phi) is 4.19. The molecule has 3 aliphatic rings. The summed E-state index contributed by atoms with van der Waals surface area (Å²) in [6.45, 7) is 7.11. The van der Waals surface area contributed by atoms with Crippen LogP contribution in [0.2, 0.25) is 0 Å². The quantitative estimate of drug-likeness (QED) is 0.733. The first-order chi connectivity index (χ1) is 10.7. The van der Waals surface area contributed by atoms with Crippen molar-refractivity contribution in [2.75, 3.05) is 13.7 Å². The minimum Gasteiger partial charge on any atom is -0.467 e. The lowest BCUT2D eigenvalue weighted by molar-refractivity contribution is -0.298. The summed E-state index contributed by atoms with van der Waals surface area (Å²) in [5, 5.41) is 11.2. The van der Waals surface area contributed by atoms with E-state index in [1.807, 2.05) is 20.8 Å². The molecule has 3 saturated heterocycles. The normalized spacial score (nSPS) is 46.1. The van der Waals surface area contributed by atoms with Crippen LogP contribution in [0.4, 0.5) is 0 Å². The second kappa shape index (κ2) is 5.65. The number of aliphatic hydroxyl groups excluding tert-OH is 1. The van der Waals surface area contributed by atoms with E-state index in [2.05, 4.69) is 0 Å². The molecule has 0 aromatic rings. The summed E-state index contributed by atoms with van der Waals surface area (Å²) >= 11 is 0. The molecule has 6 atom stereocenters. The number of fused-ring (bicyclic) bond motifs is 1.